The summed E-state index contributed by atoms with van der Waals surface area (Å²) in [4.78, 5) is 37.4. The molecule has 1 heterocycles. The molecule has 0 aromatic heterocycles. The molecule has 0 saturated carbocycles. The fourth-order valence-electron chi connectivity index (χ4n) is 3.30. The molecule has 2 atom stereocenters. The summed E-state index contributed by atoms with van der Waals surface area (Å²) in [6.45, 7) is 2.00. The number of benzene rings is 1. The normalized spacial score (nSPS) is 19.8. The number of carbonyl (C=O) groups is 3. The van der Waals surface area contributed by atoms with Gasteiger partial charge < -0.3 is 14.4 Å². The van der Waals surface area contributed by atoms with E-state index in [4.69, 9.17) is 9.47 Å². The third-order valence-corrected chi connectivity index (χ3v) is 4.71. The molecule has 154 valence electrons. The number of likely N-dealkylation sites (tertiary alicyclic amines) is 1. The molecule has 28 heavy (non-hydrogen) atoms. The average molecular weight is 401 g/mol. The average Bonchev–Trinajstić information content (AvgIpc) is 2.66. The van der Waals surface area contributed by atoms with Crippen molar-refractivity contribution in [1.82, 2.24) is 4.90 Å². The van der Waals surface area contributed by atoms with E-state index in [1.54, 1.807) is 6.92 Å². The van der Waals surface area contributed by atoms with Crippen LogP contribution in [0.15, 0.2) is 24.3 Å². The molecule has 1 saturated heterocycles. The Bertz CT molecular complexity index is 717. The maximum atomic E-state index is 12.8. The summed E-state index contributed by atoms with van der Waals surface area (Å²) in [5.41, 5.74) is -0.335. The smallest absolute Gasteiger partial charge is 0.416 e. The number of esters is 1. The molecule has 1 aliphatic rings. The molecule has 1 aromatic carbocycles. The van der Waals surface area contributed by atoms with Crippen LogP contribution in [0.5, 0.6) is 0 Å². The molecule has 9 heteroatoms. The maximum absolute atomic E-state index is 12.8. The lowest BCUT2D eigenvalue weighted by Gasteiger charge is -2.38. The van der Waals surface area contributed by atoms with Crippen molar-refractivity contribution in [2.24, 2.45) is 5.92 Å². The minimum absolute atomic E-state index is 0.168. The van der Waals surface area contributed by atoms with E-state index in [1.807, 2.05) is 0 Å². The number of alkyl halides is 3. The van der Waals surface area contributed by atoms with Gasteiger partial charge in [-0.15, -0.1) is 0 Å². The van der Waals surface area contributed by atoms with E-state index in [1.165, 1.54) is 24.1 Å². The Morgan fingerprint density at radius 3 is 2.36 bits per heavy atom. The number of nitrogens with zero attached hydrogens (tertiary/aromatic N) is 1. The Hall–Kier alpha value is -2.58. The third kappa shape index (κ3) is 5.24. The molecule has 0 bridgehead atoms. The molecule has 1 fully saturated rings. The van der Waals surface area contributed by atoms with Crippen LogP contribution in [-0.2, 0) is 25.2 Å². The van der Waals surface area contributed by atoms with Crippen molar-refractivity contribution in [3.8, 4) is 0 Å². The van der Waals surface area contributed by atoms with Gasteiger partial charge in [0.05, 0.1) is 25.3 Å². The number of Topliss-reactive ketones (excluding diaryl/α,β-unsaturated/α-hetero) is 1. The number of hydrogen-bond donors (Lipinski definition) is 0. The van der Waals surface area contributed by atoms with Gasteiger partial charge in [-0.25, -0.2) is 4.79 Å². The van der Waals surface area contributed by atoms with Gasteiger partial charge in [0.1, 0.15) is 12.2 Å². The highest BCUT2D eigenvalue weighted by Crippen LogP contribution is 2.37. The summed E-state index contributed by atoms with van der Waals surface area (Å²) >= 11 is 0. The first-order valence-electron chi connectivity index (χ1n) is 8.87. The van der Waals surface area contributed by atoms with Crippen molar-refractivity contribution in [1.29, 1.82) is 0 Å². The van der Waals surface area contributed by atoms with E-state index in [-0.39, 0.29) is 31.8 Å². The van der Waals surface area contributed by atoms with Gasteiger partial charge in [-0.3, -0.25) is 9.59 Å². The highest BCUT2D eigenvalue weighted by Gasteiger charge is 2.37. The van der Waals surface area contributed by atoms with E-state index in [0.29, 0.717) is 12.0 Å². The van der Waals surface area contributed by atoms with E-state index >= 15 is 0 Å². The van der Waals surface area contributed by atoms with Gasteiger partial charge in [-0.2, -0.15) is 13.2 Å². The van der Waals surface area contributed by atoms with Crippen molar-refractivity contribution in [3.05, 3.63) is 35.4 Å². The standard InChI is InChI=1S/C19H22F3NO5/c1-3-28-17(25)11-16(24)13-8-9-23(18(26)27-2)15(10-13)12-4-6-14(7-5-12)19(20,21)22/h4-7,13,15H,3,8-11H2,1-2H3/t13-,15-/m1/s1. The maximum Gasteiger partial charge on any atom is 0.416 e. The van der Waals surface area contributed by atoms with Crippen LogP contribution < -0.4 is 0 Å². The zero-order valence-electron chi connectivity index (χ0n) is 15.6. The van der Waals surface area contributed by atoms with Crippen molar-refractivity contribution in [3.63, 3.8) is 0 Å². The molecule has 0 spiro atoms. The molecule has 0 radical (unpaired) electrons. The Balaban J connectivity index is 2.21. The molecule has 0 unspecified atom stereocenters. The first-order chi connectivity index (χ1) is 13.2. The zero-order valence-corrected chi connectivity index (χ0v) is 15.6. The van der Waals surface area contributed by atoms with Gasteiger partial charge in [0.15, 0.2) is 0 Å². The number of carbonyl (C=O) groups excluding carboxylic acids is 3. The Morgan fingerprint density at radius 1 is 1.18 bits per heavy atom. The molecule has 6 nitrogen and oxygen atoms in total. The number of rotatable bonds is 5. The number of halogens is 3. The number of methoxy groups -OCH3 is 1. The molecule has 1 aliphatic heterocycles. The van der Waals surface area contributed by atoms with Crippen LogP contribution in [0.2, 0.25) is 0 Å². The topological polar surface area (TPSA) is 72.9 Å². The highest BCUT2D eigenvalue weighted by atomic mass is 19.4. The largest absolute Gasteiger partial charge is 0.466 e. The first kappa shape index (κ1) is 21.7. The van der Waals surface area contributed by atoms with Crippen LogP contribution in [-0.4, -0.2) is 43.0 Å². The summed E-state index contributed by atoms with van der Waals surface area (Å²) in [6, 6.07) is 3.84. The monoisotopic (exact) mass is 401 g/mol. The second-order valence-corrected chi connectivity index (χ2v) is 6.47. The van der Waals surface area contributed by atoms with Crippen LogP contribution in [0.3, 0.4) is 0 Å². The zero-order chi connectivity index (χ0) is 20.9. The number of amides is 1. The van der Waals surface area contributed by atoms with E-state index in [0.717, 1.165) is 12.1 Å². The lowest BCUT2D eigenvalue weighted by molar-refractivity contribution is -0.146. The van der Waals surface area contributed by atoms with Crippen molar-refractivity contribution >= 4 is 17.8 Å². The second-order valence-electron chi connectivity index (χ2n) is 6.47. The lowest BCUT2D eigenvalue weighted by Crippen LogP contribution is -2.43. The van der Waals surface area contributed by atoms with Gasteiger partial charge in [-0.05, 0) is 37.5 Å². The molecule has 0 N–H and O–H groups in total. The number of ether oxygens (including phenoxy) is 2. The van der Waals surface area contributed by atoms with Crippen molar-refractivity contribution in [2.75, 3.05) is 20.3 Å². The Morgan fingerprint density at radius 2 is 1.82 bits per heavy atom. The van der Waals surface area contributed by atoms with E-state index < -0.39 is 35.8 Å². The van der Waals surface area contributed by atoms with Gasteiger partial charge in [-0.1, -0.05) is 12.1 Å². The van der Waals surface area contributed by atoms with Crippen LogP contribution in [0.1, 0.15) is 43.4 Å². The van der Waals surface area contributed by atoms with Gasteiger partial charge in [0, 0.05) is 12.5 Å². The van der Waals surface area contributed by atoms with Crippen LogP contribution in [0, 0.1) is 5.92 Å². The van der Waals surface area contributed by atoms with Crippen LogP contribution >= 0.6 is 0 Å². The second kappa shape index (κ2) is 9.07. The fourth-order valence-corrected chi connectivity index (χ4v) is 3.30. The molecule has 1 aromatic rings. The van der Waals surface area contributed by atoms with Gasteiger partial charge in [0.2, 0.25) is 0 Å². The molecule has 0 aliphatic carbocycles. The summed E-state index contributed by atoms with van der Waals surface area (Å²) in [5, 5.41) is 0. The molecular formula is C19H22F3NO5. The highest BCUT2D eigenvalue weighted by molar-refractivity contribution is 5.97. The Kier molecular flexibility index (Phi) is 7.04. The summed E-state index contributed by atoms with van der Waals surface area (Å²) in [5.74, 6) is -1.42. The van der Waals surface area contributed by atoms with E-state index in [2.05, 4.69) is 0 Å². The predicted octanol–water partition coefficient (Wildman–Crippen LogP) is 3.75. The molecule has 2 rings (SSSR count). The minimum Gasteiger partial charge on any atom is -0.466 e. The van der Waals surface area contributed by atoms with E-state index in [9.17, 15) is 27.6 Å². The summed E-state index contributed by atoms with van der Waals surface area (Å²) < 4.78 is 47.9. The van der Waals surface area contributed by atoms with Crippen LogP contribution in [0.25, 0.3) is 0 Å². The minimum atomic E-state index is -4.47. The number of piperidine rings is 1. The predicted molar refractivity (Wildman–Crippen MR) is 92.3 cm³/mol. The summed E-state index contributed by atoms with van der Waals surface area (Å²) in [6.07, 6.45) is -4.92. The van der Waals surface area contributed by atoms with Crippen molar-refractivity contribution in [2.45, 2.75) is 38.4 Å². The molecular weight excluding hydrogens is 379 g/mol. The quantitative estimate of drug-likeness (QED) is 0.555. The SMILES string of the molecule is CCOC(=O)CC(=O)[C@@H]1CCN(C(=O)OC)[C@@H](c2ccc(C(F)(F)F)cc2)C1. The van der Waals surface area contributed by atoms with Crippen LogP contribution in [0.4, 0.5) is 18.0 Å². The fraction of sp³-hybridized carbons (Fsp3) is 0.526. The lowest BCUT2D eigenvalue weighted by atomic mass is 9.83. The Labute approximate surface area is 160 Å². The number of ketones is 1. The molecule has 1 amide bonds. The van der Waals surface area contributed by atoms with Crippen molar-refractivity contribution < 1.29 is 37.0 Å². The van der Waals surface area contributed by atoms with Gasteiger partial charge >= 0.3 is 18.2 Å². The number of hydrogen-bond acceptors (Lipinski definition) is 5. The third-order valence-electron chi connectivity index (χ3n) is 4.71. The first-order valence-corrected chi connectivity index (χ1v) is 8.87. The van der Waals surface area contributed by atoms with Gasteiger partial charge in [0.25, 0.3) is 0 Å². The summed E-state index contributed by atoms with van der Waals surface area (Å²) in [7, 11) is 1.21.